The summed E-state index contributed by atoms with van der Waals surface area (Å²) in [6.07, 6.45) is 0. The molecule has 1 aliphatic rings. The van der Waals surface area contributed by atoms with Crippen LogP contribution in [0.3, 0.4) is 0 Å². The van der Waals surface area contributed by atoms with Crippen LogP contribution >= 0.6 is 0 Å². The highest BCUT2D eigenvalue weighted by atomic mass is 32.2. The van der Waals surface area contributed by atoms with Crippen molar-refractivity contribution in [2.75, 3.05) is 40.7 Å². The van der Waals surface area contributed by atoms with Crippen molar-refractivity contribution in [2.24, 2.45) is 0 Å². The minimum absolute atomic E-state index is 0.0708. The lowest BCUT2D eigenvalue weighted by Crippen LogP contribution is -2.47. The minimum atomic E-state index is -3.79. The van der Waals surface area contributed by atoms with Crippen molar-refractivity contribution in [3.05, 3.63) is 84.4 Å². The number of hydrogen-bond acceptors (Lipinski definition) is 5. The highest BCUT2D eigenvalue weighted by Crippen LogP contribution is 2.28. The molecule has 0 unspecified atom stereocenters. The van der Waals surface area contributed by atoms with Gasteiger partial charge >= 0.3 is 5.97 Å². The lowest BCUT2D eigenvalue weighted by Gasteiger charge is -2.38. The van der Waals surface area contributed by atoms with Crippen LogP contribution in [0.5, 0.6) is 0 Å². The van der Waals surface area contributed by atoms with Gasteiger partial charge in [0.25, 0.3) is 10.0 Å². The molecule has 0 aliphatic carbocycles. The van der Waals surface area contributed by atoms with E-state index >= 15 is 0 Å². The fraction of sp³-hybridized carbons (Fsp3) is 0.174. The third-order valence-electron chi connectivity index (χ3n) is 5.27. The summed E-state index contributed by atoms with van der Waals surface area (Å²) in [5, 5.41) is 9.75. The molecule has 3 aromatic carbocycles. The maximum atomic E-state index is 12.6. The first-order chi connectivity index (χ1) is 14.9. The van der Waals surface area contributed by atoms with Crippen LogP contribution in [-0.4, -0.2) is 45.7 Å². The van der Waals surface area contributed by atoms with E-state index in [1.165, 1.54) is 18.2 Å². The second-order valence-corrected chi connectivity index (χ2v) is 8.95. The van der Waals surface area contributed by atoms with E-state index in [2.05, 4.69) is 21.8 Å². The van der Waals surface area contributed by atoms with Crippen LogP contribution in [-0.2, 0) is 10.0 Å². The lowest BCUT2D eigenvalue weighted by molar-refractivity contribution is 0.0697. The summed E-state index contributed by atoms with van der Waals surface area (Å²) in [5.41, 5.74) is 2.02. The summed E-state index contributed by atoms with van der Waals surface area (Å²) in [7, 11) is -3.79. The average Bonchev–Trinajstić information content (AvgIpc) is 2.80. The number of nitrogens with zero attached hydrogens (tertiary/aromatic N) is 2. The lowest BCUT2D eigenvalue weighted by atomic mass is 10.1. The Morgan fingerprint density at radius 2 is 1.39 bits per heavy atom. The van der Waals surface area contributed by atoms with E-state index in [9.17, 15) is 18.3 Å². The van der Waals surface area contributed by atoms with Crippen molar-refractivity contribution in [3.8, 4) is 0 Å². The van der Waals surface area contributed by atoms with Crippen molar-refractivity contribution in [2.45, 2.75) is 4.90 Å². The van der Waals surface area contributed by atoms with Gasteiger partial charge in [-0.25, -0.2) is 13.2 Å². The zero-order valence-corrected chi connectivity index (χ0v) is 17.6. The maximum Gasteiger partial charge on any atom is 0.337 e. The second-order valence-electron chi connectivity index (χ2n) is 7.27. The third-order valence-corrected chi connectivity index (χ3v) is 6.67. The van der Waals surface area contributed by atoms with E-state index in [-0.39, 0.29) is 16.1 Å². The molecule has 1 heterocycles. The largest absolute Gasteiger partial charge is 0.478 e. The monoisotopic (exact) mass is 437 g/mol. The topological polar surface area (TPSA) is 89.9 Å². The van der Waals surface area contributed by atoms with E-state index in [1.54, 1.807) is 30.3 Å². The Bertz CT molecular complexity index is 1160. The van der Waals surface area contributed by atoms with Gasteiger partial charge < -0.3 is 14.9 Å². The summed E-state index contributed by atoms with van der Waals surface area (Å²) in [6.45, 7) is 2.88. The number of sulfonamides is 1. The number of nitrogens with one attached hydrogen (secondary N) is 1. The smallest absolute Gasteiger partial charge is 0.337 e. The van der Waals surface area contributed by atoms with Crippen LogP contribution in [0.15, 0.2) is 83.8 Å². The Morgan fingerprint density at radius 3 is 2.00 bits per heavy atom. The second kappa shape index (κ2) is 8.69. The van der Waals surface area contributed by atoms with Crippen molar-refractivity contribution in [1.82, 2.24) is 0 Å². The zero-order valence-electron chi connectivity index (χ0n) is 16.8. The first-order valence-corrected chi connectivity index (χ1v) is 11.4. The molecule has 3 aromatic rings. The van der Waals surface area contributed by atoms with Gasteiger partial charge in [0.15, 0.2) is 0 Å². The predicted octanol–water partition coefficient (Wildman–Crippen LogP) is 3.51. The number of para-hydroxylation sites is 1. The molecule has 0 atom stereocenters. The van der Waals surface area contributed by atoms with Crippen molar-refractivity contribution in [3.63, 3.8) is 0 Å². The third kappa shape index (κ3) is 4.64. The number of carboxylic acids is 1. The van der Waals surface area contributed by atoms with Gasteiger partial charge in [-0.15, -0.1) is 0 Å². The highest BCUT2D eigenvalue weighted by Gasteiger charge is 2.23. The Morgan fingerprint density at radius 1 is 0.806 bits per heavy atom. The molecule has 2 N–H and O–H groups in total. The molecule has 0 saturated carbocycles. The molecule has 0 aromatic heterocycles. The fourth-order valence-electron chi connectivity index (χ4n) is 3.70. The molecule has 1 fully saturated rings. The van der Waals surface area contributed by atoms with Crippen molar-refractivity contribution >= 4 is 33.1 Å². The quantitative estimate of drug-likeness (QED) is 0.613. The van der Waals surface area contributed by atoms with Gasteiger partial charge in [-0.1, -0.05) is 36.4 Å². The van der Waals surface area contributed by atoms with Gasteiger partial charge in [-0.05, 0) is 42.5 Å². The van der Waals surface area contributed by atoms with Crippen LogP contribution in [0.4, 0.5) is 17.1 Å². The molecule has 1 saturated heterocycles. The van der Waals surface area contributed by atoms with Gasteiger partial charge in [0.1, 0.15) is 0 Å². The standard InChI is InChI=1S/C23H23N3O4S/c27-23(28)21-17-18(24-31(29,30)20-9-5-2-6-10-20)11-12-22(21)26-15-13-25(14-16-26)19-7-3-1-4-8-19/h1-12,17,24H,13-16H2,(H,27,28). The first kappa shape index (κ1) is 20.7. The number of anilines is 3. The van der Waals surface area contributed by atoms with Gasteiger partial charge in [0, 0.05) is 37.6 Å². The summed E-state index contributed by atoms with van der Waals surface area (Å²) < 4.78 is 27.6. The number of hydrogen-bond donors (Lipinski definition) is 2. The van der Waals surface area contributed by atoms with Gasteiger partial charge in [0.2, 0.25) is 0 Å². The van der Waals surface area contributed by atoms with Crippen LogP contribution in [0.2, 0.25) is 0 Å². The van der Waals surface area contributed by atoms with E-state index in [0.717, 1.165) is 18.8 Å². The van der Waals surface area contributed by atoms with Crippen LogP contribution in [0.25, 0.3) is 0 Å². The zero-order chi connectivity index (χ0) is 21.8. The molecule has 160 valence electrons. The normalized spacial score (nSPS) is 14.3. The van der Waals surface area contributed by atoms with Crippen LogP contribution in [0.1, 0.15) is 10.4 Å². The van der Waals surface area contributed by atoms with Gasteiger partial charge in [-0.3, -0.25) is 4.72 Å². The summed E-state index contributed by atoms with van der Waals surface area (Å²) in [6, 6.07) is 22.7. The Kier molecular flexibility index (Phi) is 5.81. The number of rotatable bonds is 6. The highest BCUT2D eigenvalue weighted by molar-refractivity contribution is 7.92. The molecule has 1 aliphatic heterocycles. The first-order valence-electron chi connectivity index (χ1n) is 9.94. The number of benzene rings is 3. The Labute approximate surface area is 181 Å². The molecule has 4 rings (SSSR count). The molecule has 7 nitrogen and oxygen atoms in total. The molecule has 0 amide bonds. The Balaban J connectivity index is 1.53. The SMILES string of the molecule is O=C(O)c1cc(NS(=O)(=O)c2ccccc2)ccc1N1CCN(c2ccccc2)CC1. The molecule has 31 heavy (non-hydrogen) atoms. The summed E-state index contributed by atoms with van der Waals surface area (Å²) in [5.74, 6) is -1.10. The van der Waals surface area contributed by atoms with E-state index in [4.69, 9.17) is 0 Å². The summed E-state index contributed by atoms with van der Waals surface area (Å²) in [4.78, 5) is 16.3. The molecule has 0 spiro atoms. The molecule has 8 heteroatoms. The molecule has 0 radical (unpaired) electrons. The van der Waals surface area contributed by atoms with Crippen LogP contribution < -0.4 is 14.5 Å². The van der Waals surface area contributed by atoms with Crippen molar-refractivity contribution in [1.29, 1.82) is 0 Å². The van der Waals surface area contributed by atoms with Gasteiger partial charge in [0.05, 0.1) is 16.1 Å². The predicted molar refractivity (Wildman–Crippen MR) is 122 cm³/mol. The minimum Gasteiger partial charge on any atom is -0.478 e. The fourth-order valence-corrected chi connectivity index (χ4v) is 4.78. The van der Waals surface area contributed by atoms with Gasteiger partial charge in [-0.2, -0.15) is 0 Å². The van der Waals surface area contributed by atoms with E-state index in [0.29, 0.717) is 18.8 Å². The number of carboxylic acid groups (broad SMARTS) is 1. The number of piperazine rings is 1. The molecule has 0 bridgehead atoms. The maximum absolute atomic E-state index is 12.6. The average molecular weight is 438 g/mol. The molecular weight excluding hydrogens is 414 g/mol. The summed E-state index contributed by atoms with van der Waals surface area (Å²) >= 11 is 0. The van der Waals surface area contributed by atoms with Crippen LogP contribution in [0, 0.1) is 0 Å². The van der Waals surface area contributed by atoms with E-state index in [1.807, 2.05) is 23.1 Å². The van der Waals surface area contributed by atoms with E-state index < -0.39 is 16.0 Å². The Hall–Kier alpha value is -3.52. The number of carbonyl (C=O) groups is 1. The molecular formula is C23H23N3O4S. The number of aromatic carboxylic acids is 1. The van der Waals surface area contributed by atoms with Crippen molar-refractivity contribution < 1.29 is 18.3 Å².